The summed E-state index contributed by atoms with van der Waals surface area (Å²) >= 11 is 1.42. The summed E-state index contributed by atoms with van der Waals surface area (Å²) in [5, 5.41) is 27.3. The molecule has 1 atom stereocenters. The molecule has 0 amide bonds. The fourth-order valence-electron chi connectivity index (χ4n) is 3.64. The van der Waals surface area contributed by atoms with E-state index >= 15 is 0 Å². The third-order valence-corrected chi connectivity index (χ3v) is 6.21. The number of aryl methyl sites for hydroxylation is 1. The summed E-state index contributed by atoms with van der Waals surface area (Å²) < 4.78 is 1.34. The fourth-order valence-corrected chi connectivity index (χ4v) is 4.42. The highest BCUT2D eigenvalue weighted by atomic mass is 32.1. The third-order valence-electron chi connectivity index (χ3n) is 5.23. The van der Waals surface area contributed by atoms with E-state index in [9.17, 15) is 24.8 Å². The third kappa shape index (κ3) is 3.97. The second-order valence-corrected chi connectivity index (χ2v) is 8.23. The number of anilines is 1. The number of pyridine rings is 1. The summed E-state index contributed by atoms with van der Waals surface area (Å²) in [4.78, 5) is 37.6. The number of ketones is 1. The van der Waals surface area contributed by atoms with E-state index in [0.29, 0.717) is 16.6 Å². The standard InChI is InChI=1S/C23H19N3O5S/c1-25-18-9-3-2-8-16(18)22(28)21(23(25)29)19(27)13-17(20-10-5-11-32-20)24-14-6-4-7-15(12-14)26(30)31/h2-12,17,24,28H,13H2,1H3/t17-/m0/s1. The van der Waals surface area contributed by atoms with E-state index in [1.807, 2.05) is 17.5 Å². The molecule has 4 aromatic rings. The lowest BCUT2D eigenvalue weighted by atomic mass is 10.0. The highest BCUT2D eigenvalue weighted by Gasteiger charge is 2.25. The topological polar surface area (TPSA) is 114 Å². The number of para-hydroxylation sites is 1. The van der Waals surface area contributed by atoms with Crippen molar-refractivity contribution in [3.05, 3.63) is 97.0 Å². The summed E-state index contributed by atoms with van der Waals surface area (Å²) in [6.45, 7) is 0. The number of non-ortho nitro benzene ring substituents is 1. The Balaban J connectivity index is 1.71. The van der Waals surface area contributed by atoms with Crippen LogP contribution in [0.4, 0.5) is 11.4 Å². The quantitative estimate of drug-likeness (QED) is 0.241. The van der Waals surface area contributed by atoms with E-state index in [2.05, 4.69) is 5.32 Å². The summed E-state index contributed by atoms with van der Waals surface area (Å²) in [7, 11) is 1.55. The molecule has 0 saturated carbocycles. The lowest BCUT2D eigenvalue weighted by Gasteiger charge is -2.19. The Bertz CT molecular complexity index is 1380. The molecule has 2 heterocycles. The van der Waals surface area contributed by atoms with E-state index in [-0.39, 0.29) is 23.4 Å². The van der Waals surface area contributed by atoms with Crippen LogP contribution in [0.3, 0.4) is 0 Å². The Morgan fingerprint density at radius 3 is 2.69 bits per heavy atom. The molecule has 0 radical (unpaired) electrons. The minimum absolute atomic E-state index is 0.0766. The average Bonchev–Trinajstić information content (AvgIpc) is 3.32. The molecule has 8 nitrogen and oxygen atoms in total. The van der Waals surface area contributed by atoms with Gasteiger partial charge in [0.1, 0.15) is 11.3 Å². The smallest absolute Gasteiger partial charge is 0.271 e. The molecule has 2 aromatic carbocycles. The number of rotatable bonds is 7. The summed E-state index contributed by atoms with van der Waals surface area (Å²) in [5.74, 6) is -0.862. The molecule has 9 heteroatoms. The van der Waals surface area contributed by atoms with Crippen molar-refractivity contribution >= 4 is 39.4 Å². The predicted octanol–water partition coefficient (Wildman–Crippen LogP) is 4.64. The number of carbonyl (C=O) groups excluding carboxylic acids is 1. The Morgan fingerprint density at radius 2 is 1.97 bits per heavy atom. The van der Waals surface area contributed by atoms with Crippen LogP contribution < -0.4 is 10.9 Å². The molecule has 4 rings (SSSR count). The zero-order valence-corrected chi connectivity index (χ0v) is 17.8. The monoisotopic (exact) mass is 449 g/mol. The lowest BCUT2D eigenvalue weighted by Crippen LogP contribution is -2.26. The number of hydrogen-bond acceptors (Lipinski definition) is 7. The second-order valence-electron chi connectivity index (χ2n) is 7.25. The number of nitrogens with one attached hydrogen (secondary N) is 1. The molecular weight excluding hydrogens is 430 g/mol. The average molecular weight is 449 g/mol. The van der Waals surface area contributed by atoms with Gasteiger partial charge in [0.25, 0.3) is 11.2 Å². The Hall–Kier alpha value is -3.98. The maximum Gasteiger partial charge on any atom is 0.271 e. The number of fused-ring (bicyclic) bond motifs is 1. The van der Waals surface area contributed by atoms with Gasteiger partial charge in [-0.1, -0.05) is 24.3 Å². The van der Waals surface area contributed by atoms with Crippen LogP contribution in [0.5, 0.6) is 5.75 Å². The number of thiophene rings is 1. The van der Waals surface area contributed by atoms with Gasteiger partial charge in [-0.2, -0.15) is 0 Å². The molecule has 0 aliphatic carbocycles. The Morgan fingerprint density at radius 1 is 1.19 bits per heavy atom. The van der Waals surface area contributed by atoms with Gasteiger partial charge in [0.2, 0.25) is 0 Å². The Kier molecular flexibility index (Phi) is 5.74. The number of nitrogens with zero attached hydrogens (tertiary/aromatic N) is 2. The zero-order chi connectivity index (χ0) is 22.8. The molecule has 32 heavy (non-hydrogen) atoms. The molecule has 0 spiro atoms. The van der Waals surface area contributed by atoms with Crippen LogP contribution in [0, 0.1) is 10.1 Å². The van der Waals surface area contributed by atoms with Gasteiger partial charge in [-0.25, -0.2) is 0 Å². The molecule has 162 valence electrons. The van der Waals surface area contributed by atoms with E-state index in [1.54, 1.807) is 43.4 Å². The first-order valence-electron chi connectivity index (χ1n) is 9.75. The van der Waals surface area contributed by atoms with Crippen molar-refractivity contribution in [3.63, 3.8) is 0 Å². The van der Waals surface area contributed by atoms with Gasteiger partial charge >= 0.3 is 0 Å². The van der Waals surface area contributed by atoms with Crippen molar-refractivity contribution in [2.75, 3.05) is 5.32 Å². The van der Waals surface area contributed by atoms with Crippen LogP contribution in [-0.2, 0) is 7.05 Å². The van der Waals surface area contributed by atoms with Gasteiger partial charge in [-0.05, 0) is 29.6 Å². The number of aromatic hydroxyl groups is 1. The molecule has 0 aliphatic heterocycles. The molecular formula is C23H19N3O5S. The van der Waals surface area contributed by atoms with Crippen molar-refractivity contribution in [1.82, 2.24) is 4.57 Å². The second kappa shape index (κ2) is 8.64. The molecule has 2 N–H and O–H groups in total. The SMILES string of the molecule is Cn1c(=O)c(C(=O)C[C@H](Nc2cccc([N+](=O)[O-])c2)c2cccs2)c(O)c2ccccc21. The van der Waals surface area contributed by atoms with Crippen molar-refractivity contribution in [1.29, 1.82) is 0 Å². The van der Waals surface area contributed by atoms with E-state index in [4.69, 9.17) is 0 Å². The minimum Gasteiger partial charge on any atom is -0.506 e. The van der Waals surface area contributed by atoms with Crippen LogP contribution in [0.15, 0.2) is 70.8 Å². The van der Waals surface area contributed by atoms with Crippen LogP contribution in [0.1, 0.15) is 27.7 Å². The van der Waals surface area contributed by atoms with Crippen LogP contribution >= 0.6 is 11.3 Å². The molecule has 0 bridgehead atoms. The van der Waals surface area contributed by atoms with E-state index in [1.165, 1.54) is 28.0 Å². The number of carbonyl (C=O) groups is 1. The molecule has 0 saturated heterocycles. The van der Waals surface area contributed by atoms with Gasteiger partial charge in [-0.15, -0.1) is 11.3 Å². The predicted molar refractivity (Wildman–Crippen MR) is 124 cm³/mol. The molecule has 2 aromatic heterocycles. The number of benzene rings is 2. The maximum absolute atomic E-state index is 13.2. The number of nitro benzene ring substituents is 1. The van der Waals surface area contributed by atoms with Gasteiger partial charge in [0, 0.05) is 41.6 Å². The van der Waals surface area contributed by atoms with E-state index < -0.39 is 22.3 Å². The first kappa shape index (κ1) is 21.3. The normalized spacial score (nSPS) is 11.9. The Labute approximate surface area is 186 Å². The van der Waals surface area contributed by atoms with Crippen molar-refractivity contribution in [2.45, 2.75) is 12.5 Å². The van der Waals surface area contributed by atoms with Gasteiger partial charge in [-0.3, -0.25) is 19.7 Å². The number of aromatic nitrogens is 1. The summed E-state index contributed by atoms with van der Waals surface area (Å²) in [6, 6.07) is 15.9. The zero-order valence-electron chi connectivity index (χ0n) is 17.0. The van der Waals surface area contributed by atoms with Gasteiger partial charge in [0.05, 0.1) is 16.5 Å². The van der Waals surface area contributed by atoms with Crippen molar-refractivity contribution in [3.8, 4) is 5.75 Å². The first-order chi connectivity index (χ1) is 15.4. The molecule has 0 unspecified atom stereocenters. The van der Waals surface area contributed by atoms with Gasteiger partial charge < -0.3 is 15.0 Å². The van der Waals surface area contributed by atoms with Crippen LogP contribution in [0.25, 0.3) is 10.9 Å². The van der Waals surface area contributed by atoms with Crippen LogP contribution in [-0.4, -0.2) is 20.4 Å². The lowest BCUT2D eigenvalue weighted by molar-refractivity contribution is -0.384. The van der Waals surface area contributed by atoms with Crippen molar-refractivity contribution < 1.29 is 14.8 Å². The highest BCUT2D eigenvalue weighted by Crippen LogP contribution is 2.32. The highest BCUT2D eigenvalue weighted by molar-refractivity contribution is 7.10. The molecule has 0 aliphatic rings. The largest absolute Gasteiger partial charge is 0.506 e. The van der Waals surface area contributed by atoms with Gasteiger partial charge in [0.15, 0.2) is 5.78 Å². The van der Waals surface area contributed by atoms with Crippen LogP contribution in [0.2, 0.25) is 0 Å². The number of hydrogen-bond donors (Lipinski definition) is 2. The first-order valence-corrected chi connectivity index (χ1v) is 10.6. The summed E-state index contributed by atoms with van der Waals surface area (Å²) in [6.07, 6.45) is -0.121. The minimum atomic E-state index is -0.577. The number of nitro groups is 1. The fraction of sp³-hybridized carbons (Fsp3) is 0.130. The molecule has 0 fully saturated rings. The maximum atomic E-state index is 13.2. The van der Waals surface area contributed by atoms with Crippen molar-refractivity contribution in [2.24, 2.45) is 7.05 Å². The summed E-state index contributed by atoms with van der Waals surface area (Å²) in [5.41, 5.74) is 0.0736. The van der Waals surface area contributed by atoms with E-state index in [0.717, 1.165) is 4.88 Å². The number of Topliss-reactive ketones (excluding diaryl/α,β-unsaturated/α-hetero) is 1.